The van der Waals surface area contributed by atoms with Gasteiger partial charge in [0.1, 0.15) is 25.1 Å². The number of hydrogen-bond donors (Lipinski definition) is 5. The quantitative estimate of drug-likeness (QED) is 0.489. The van der Waals surface area contributed by atoms with Gasteiger partial charge in [-0.15, -0.1) is 11.8 Å². The van der Waals surface area contributed by atoms with E-state index in [1.54, 1.807) is 6.07 Å². The minimum absolute atomic E-state index is 0.00949. The van der Waals surface area contributed by atoms with Gasteiger partial charge < -0.3 is 35.0 Å². The van der Waals surface area contributed by atoms with Gasteiger partial charge in [-0.2, -0.15) is 0 Å². The standard InChI is InChI=1S/C22H26O7S/c1-11-6-15(24)14(22-21(27)20(26)19(25)18(10-23)30-22)9-13(11)7-12-2-3-16-17(8-12)29-5-4-28-16/h2-3,6,8-9,18-27H,4-5,7,10H2,1H3. The summed E-state index contributed by atoms with van der Waals surface area (Å²) in [6.45, 7) is 2.60. The van der Waals surface area contributed by atoms with Gasteiger partial charge in [0.15, 0.2) is 11.5 Å². The zero-order valence-electron chi connectivity index (χ0n) is 16.6. The van der Waals surface area contributed by atoms with Gasteiger partial charge >= 0.3 is 0 Å². The van der Waals surface area contributed by atoms with Crippen molar-refractivity contribution in [3.8, 4) is 17.2 Å². The van der Waals surface area contributed by atoms with Crippen molar-refractivity contribution in [2.24, 2.45) is 0 Å². The molecule has 0 amide bonds. The van der Waals surface area contributed by atoms with Crippen molar-refractivity contribution in [2.45, 2.75) is 42.2 Å². The first-order valence-corrected chi connectivity index (χ1v) is 10.8. The average molecular weight is 435 g/mol. The fourth-order valence-electron chi connectivity index (χ4n) is 3.95. The number of aliphatic hydroxyl groups excluding tert-OH is 4. The van der Waals surface area contributed by atoms with E-state index in [1.165, 1.54) is 0 Å². The molecule has 0 bridgehead atoms. The van der Waals surface area contributed by atoms with Crippen molar-refractivity contribution in [2.75, 3.05) is 19.8 Å². The fraction of sp³-hybridized carbons (Fsp3) is 0.455. The molecule has 2 aromatic rings. The number of benzene rings is 2. The number of rotatable bonds is 4. The summed E-state index contributed by atoms with van der Waals surface area (Å²) < 4.78 is 11.2. The molecule has 162 valence electrons. The van der Waals surface area contributed by atoms with Gasteiger partial charge in [0.05, 0.1) is 29.3 Å². The minimum atomic E-state index is -1.41. The van der Waals surface area contributed by atoms with E-state index in [2.05, 4.69) is 0 Å². The molecule has 5 unspecified atom stereocenters. The van der Waals surface area contributed by atoms with Gasteiger partial charge in [-0.3, -0.25) is 0 Å². The van der Waals surface area contributed by atoms with E-state index in [4.69, 9.17) is 9.47 Å². The lowest BCUT2D eigenvalue weighted by molar-refractivity contribution is -0.0701. The molecule has 1 fully saturated rings. The van der Waals surface area contributed by atoms with E-state index in [0.717, 1.165) is 34.2 Å². The van der Waals surface area contributed by atoms with Crippen LogP contribution < -0.4 is 9.47 Å². The molecule has 0 radical (unpaired) electrons. The van der Waals surface area contributed by atoms with Crippen LogP contribution in [0.2, 0.25) is 0 Å². The summed E-state index contributed by atoms with van der Waals surface area (Å²) in [5.41, 5.74) is 3.32. The number of phenolic OH excluding ortho intramolecular Hbond substituents is 1. The molecule has 2 aliphatic rings. The average Bonchev–Trinajstić information content (AvgIpc) is 2.74. The summed E-state index contributed by atoms with van der Waals surface area (Å²) >= 11 is 1.15. The summed E-state index contributed by atoms with van der Waals surface area (Å²) in [5.74, 6) is 1.43. The second-order valence-electron chi connectivity index (χ2n) is 7.74. The highest BCUT2D eigenvalue weighted by atomic mass is 32.2. The van der Waals surface area contributed by atoms with Gasteiger partial charge in [-0.1, -0.05) is 12.1 Å². The highest BCUT2D eigenvalue weighted by molar-refractivity contribution is 8.00. The van der Waals surface area contributed by atoms with Gasteiger partial charge in [0, 0.05) is 5.56 Å². The maximum atomic E-state index is 10.6. The molecule has 5 atom stereocenters. The van der Waals surface area contributed by atoms with E-state index in [1.807, 2.05) is 31.2 Å². The van der Waals surface area contributed by atoms with Crippen LogP contribution in [0.15, 0.2) is 30.3 Å². The second kappa shape index (κ2) is 8.64. The Morgan fingerprint density at radius 2 is 1.70 bits per heavy atom. The van der Waals surface area contributed by atoms with Crippen molar-refractivity contribution in [3.63, 3.8) is 0 Å². The first kappa shape index (κ1) is 21.3. The molecular formula is C22H26O7S. The van der Waals surface area contributed by atoms with Crippen molar-refractivity contribution in [1.29, 1.82) is 0 Å². The summed E-state index contributed by atoms with van der Waals surface area (Å²) in [7, 11) is 0. The lowest BCUT2D eigenvalue weighted by Gasteiger charge is -2.40. The third-order valence-corrected chi connectivity index (χ3v) is 7.29. The monoisotopic (exact) mass is 434 g/mol. The first-order valence-electron chi connectivity index (χ1n) is 9.90. The van der Waals surface area contributed by atoms with E-state index < -0.39 is 28.8 Å². The van der Waals surface area contributed by atoms with Crippen molar-refractivity contribution < 1.29 is 35.0 Å². The number of ether oxygens (including phenoxy) is 2. The van der Waals surface area contributed by atoms with E-state index in [0.29, 0.717) is 30.9 Å². The Bertz CT molecular complexity index is 917. The molecule has 0 aliphatic carbocycles. The van der Waals surface area contributed by atoms with E-state index in [9.17, 15) is 25.5 Å². The zero-order valence-corrected chi connectivity index (χ0v) is 17.4. The Morgan fingerprint density at radius 1 is 0.967 bits per heavy atom. The molecule has 2 aromatic carbocycles. The molecule has 0 aromatic heterocycles. The number of aliphatic hydroxyl groups is 4. The minimum Gasteiger partial charge on any atom is -0.508 e. The molecule has 2 heterocycles. The summed E-state index contributed by atoms with van der Waals surface area (Å²) in [5, 5.41) is 49.5. The number of fused-ring (bicyclic) bond motifs is 1. The highest BCUT2D eigenvalue weighted by Crippen LogP contribution is 2.46. The maximum Gasteiger partial charge on any atom is 0.161 e. The molecular weight excluding hydrogens is 408 g/mol. The number of phenols is 1. The largest absolute Gasteiger partial charge is 0.508 e. The number of hydrogen-bond acceptors (Lipinski definition) is 8. The summed E-state index contributed by atoms with van der Waals surface area (Å²) in [6.07, 6.45) is -3.34. The Balaban J connectivity index is 1.64. The normalized spacial score (nSPS) is 28.4. The molecule has 8 heteroatoms. The molecule has 0 saturated carbocycles. The van der Waals surface area contributed by atoms with E-state index in [-0.39, 0.29) is 12.4 Å². The molecule has 4 rings (SSSR count). The predicted octanol–water partition coefficient (Wildman–Crippen LogP) is 1.29. The lowest BCUT2D eigenvalue weighted by Crippen LogP contribution is -2.51. The number of aromatic hydroxyl groups is 1. The van der Waals surface area contributed by atoms with Gasteiger partial charge in [0.2, 0.25) is 0 Å². The van der Waals surface area contributed by atoms with Crippen molar-refractivity contribution in [3.05, 3.63) is 52.6 Å². The van der Waals surface area contributed by atoms with Crippen molar-refractivity contribution >= 4 is 11.8 Å². The second-order valence-corrected chi connectivity index (χ2v) is 9.13. The van der Waals surface area contributed by atoms with Crippen LogP contribution in [0.25, 0.3) is 0 Å². The number of thioether (sulfide) groups is 1. The summed E-state index contributed by atoms with van der Waals surface area (Å²) in [6, 6.07) is 9.24. The smallest absolute Gasteiger partial charge is 0.161 e. The van der Waals surface area contributed by atoms with E-state index >= 15 is 0 Å². The third kappa shape index (κ3) is 3.98. The topological polar surface area (TPSA) is 120 Å². The molecule has 30 heavy (non-hydrogen) atoms. The molecule has 5 N–H and O–H groups in total. The van der Waals surface area contributed by atoms with Gasteiger partial charge in [0.25, 0.3) is 0 Å². The fourth-order valence-corrected chi connectivity index (χ4v) is 5.39. The summed E-state index contributed by atoms with van der Waals surface area (Å²) in [4.78, 5) is 0. The molecule has 7 nitrogen and oxygen atoms in total. The number of aryl methyl sites for hydroxylation is 1. The zero-order chi connectivity index (χ0) is 21.4. The lowest BCUT2D eigenvalue weighted by atomic mass is 9.92. The Hall–Kier alpha value is -1.97. The van der Waals surface area contributed by atoms with Crippen LogP contribution in [-0.4, -0.2) is 68.9 Å². The van der Waals surface area contributed by atoms with Gasteiger partial charge in [-0.25, -0.2) is 0 Å². The first-order chi connectivity index (χ1) is 14.4. The predicted molar refractivity (Wildman–Crippen MR) is 112 cm³/mol. The van der Waals surface area contributed by atoms with Crippen LogP contribution >= 0.6 is 11.8 Å². The Labute approximate surface area is 178 Å². The van der Waals surface area contributed by atoms with Crippen LogP contribution in [0.3, 0.4) is 0 Å². The van der Waals surface area contributed by atoms with Crippen LogP contribution in [0.5, 0.6) is 17.2 Å². The third-order valence-electron chi connectivity index (χ3n) is 5.69. The van der Waals surface area contributed by atoms with Crippen molar-refractivity contribution in [1.82, 2.24) is 0 Å². The van der Waals surface area contributed by atoms with Gasteiger partial charge in [-0.05, 0) is 48.2 Å². The Morgan fingerprint density at radius 3 is 2.43 bits per heavy atom. The molecule has 2 aliphatic heterocycles. The van der Waals surface area contributed by atoms with Crippen LogP contribution in [-0.2, 0) is 6.42 Å². The maximum absolute atomic E-state index is 10.6. The molecule has 1 saturated heterocycles. The van der Waals surface area contributed by atoms with Crippen LogP contribution in [0, 0.1) is 6.92 Å². The SMILES string of the molecule is Cc1cc(O)c(C2SC(CO)C(O)C(O)C2O)cc1Cc1ccc2c(c1)OCCO2. The molecule has 0 spiro atoms. The highest BCUT2D eigenvalue weighted by Gasteiger charge is 2.44. The van der Waals surface area contributed by atoms with Crippen LogP contribution in [0.1, 0.15) is 27.5 Å². The Kier molecular flexibility index (Phi) is 6.13. The van der Waals surface area contributed by atoms with Crippen LogP contribution in [0.4, 0.5) is 0 Å².